The average Bonchev–Trinajstić information content (AvgIpc) is 3.08. The maximum Gasteiger partial charge on any atom is 0.407 e. The van der Waals surface area contributed by atoms with Crippen molar-refractivity contribution in [2.75, 3.05) is 26.2 Å². The molecule has 168 valence electrons. The molecule has 0 bridgehead atoms. The van der Waals surface area contributed by atoms with Gasteiger partial charge in [0.15, 0.2) is 5.60 Å². The topological polar surface area (TPSA) is 116 Å². The fraction of sp³-hybridized carbons (Fsp3) is 0.375. The van der Waals surface area contributed by atoms with E-state index in [1.807, 2.05) is 24.3 Å². The first-order chi connectivity index (χ1) is 15.4. The molecule has 1 aliphatic carbocycles. The van der Waals surface area contributed by atoms with Crippen LogP contribution in [0.5, 0.6) is 0 Å². The molecule has 0 saturated carbocycles. The second kappa shape index (κ2) is 9.00. The first-order valence-electron chi connectivity index (χ1n) is 10.7. The molecule has 2 aromatic rings. The van der Waals surface area contributed by atoms with E-state index in [0.717, 1.165) is 11.1 Å². The summed E-state index contributed by atoms with van der Waals surface area (Å²) in [5, 5.41) is 21.2. The van der Waals surface area contributed by atoms with Gasteiger partial charge in [0.05, 0.1) is 13.1 Å². The van der Waals surface area contributed by atoms with Gasteiger partial charge in [0.1, 0.15) is 6.61 Å². The minimum atomic E-state index is -1.82. The highest BCUT2D eigenvalue weighted by Gasteiger charge is 2.49. The standard InChI is InChI=1S/C24H26N2O6/c27-21(26-14-24(31,15-26)22(28)29)11-5-6-12-25-23(30)32-13-20-18-9-3-1-7-16(18)17-8-2-4-10-19(17)20/h1-4,7-10,20,31H,5-6,11-15H2,(H,25,30)(H,28,29). The third kappa shape index (κ3) is 4.31. The number of ether oxygens (including phenoxy) is 1. The van der Waals surface area contributed by atoms with E-state index in [9.17, 15) is 19.5 Å². The highest BCUT2D eigenvalue weighted by atomic mass is 16.5. The lowest BCUT2D eigenvalue weighted by molar-refractivity contribution is -0.182. The Balaban J connectivity index is 1.16. The van der Waals surface area contributed by atoms with Crippen LogP contribution >= 0.6 is 0 Å². The molecule has 0 spiro atoms. The van der Waals surface area contributed by atoms with Crippen LogP contribution < -0.4 is 5.32 Å². The van der Waals surface area contributed by atoms with Gasteiger partial charge in [-0.2, -0.15) is 0 Å². The largest absolute Gasteiger partial charge is 0.479 e. The zero-order chi connectivity index (χ0) is 22.7. The summed E-state index contributed by atoms with van der Waals surface area (Å²) < 4.78 is 5.47. The number of benzene rings is 2. The number of rotatable bonds is 8. The van der Waals surface area contributed by atoms with Gasteiger partial charge in [-0.3, -0.25) is 4.79 Å². The molecule has 1 saturated heterocycles. The summed E-state index contributed by atoms with van der Waals surface area (Å²) in [5.74, 6) is -1.50. The second-order valence-electron chi connectivity index (χ2n) is 8.30. The van der Waals surface area contributed by atoms with E-state index in [-0.39, 0.29) is 37.9 Å². The minimum absolute atomic E-state index is 0.00624. The van der Waals surface area contributed by atoms with Crippen molar-refractivity contribution in [2.45, 2.75) is 30.8 Å². The number of carboxylic acids is 1. The van der Waals surface area contributed by atoms with Gasteiger partial charge in [-0.1, -0.05) is 48.5 Å². The maximum absolute atomic E-state index is 12.1. The number of β-amino-alcohol motifs (C(OH)–C–C–N with tert-alkyl or cyclic N) is 1. The lowest BCUT2D eigenvalue weighted by Gasteiger charge is -2.43. The van der Waals surface area contributed by atoms with Crippen molar-refractivity contribution in [1.29, 1.82) is 0 Å². The average molecular weight is 438 g/mol. The molecule has 0 atom stereocenters. The van der Waals surface area contributed by atoms with Gasteiger partial charge in [0, 0.05) is 18.9 Å². The molecule has 0 radical (unpaired) electrons. The van der Waals surface area contributed by atoms with E-state index >= 15 is 0 Å². The number of nitrogens with one attached hydrogen (secondary N) is 1. The molecule has 32 heavy (non-hydrogen) atoms. The summed E-state index contributed by atoms with van der Waals surface area (Å²) in [5.41, 5.74) is 2.83. The van der Waals surface area contributed by atoms with Crippen LogP contribution in [0.1, 0.15) is 36.3 Å². The Morgan fingerprint density at radius 1 is 1.00 bits per heavy atom. The Hall–Kier alpha value is -3.39. The van der Waals surface area contributed by atoms with Gasteiger partial charge in [-0.25, -0.2) is 9.59 Å². The number of carbonyl (C=O) groups is 3. The van der Waals surface area contributed by atoms with Crippen LogP contribution in [0.15, 0.2) is 48.5 Å². The van der Waals surface area contributed by atoms with Crippen molar-refractivity contribution in [1.82, 2.24) is 10.2 Å². The molecular weight excluding hydrogens is 412 g/mol. The minimum Gasteiger partial charge on any atom is -0.479 e. The summed E-state index contributed by atoms with van der Waals surface area (Å²) in [6.07, 6.45) is 0.881. The lowest BCUT2D eigenvalue weighted by atomic mass is 9.94. The third-order valence-electron chi connectivity index (χ3n) is 6.09. The molecule has 4 rings (SSSR count). The number of aliphatic carboxylic acids is 1. The number of aliphatic hydroxyl groups is 1. The van der Waals surface area contributed by atoms with Crippen LogP contribution in [0.3, 0.4) is 0 Å². The highest BCUT2D eigenvalue weighted by molar-refractivity contribution is 5.85. The van der Waals surface area contributed by atoms with E-state index in [4.69, 9.17) is 9.84 Å². The molecule has 1 aliphatic heterocycles. The number of fused-ring (bicyclic) bond motifs is 3. The number of unbranched alkanes of at least 4 members (excludes halogenated alkanes) is 1. The summed E-state index contributed by atoms with van der Waals surface area (Å²) in [6.45, 7) is 0.265. The van der Waals surface area contributed by atoms with Crippen molar-refractivity contribution in [2.24, 2.45) is 0 Å². The maximum atomic E-state index is 12.1. The highest BCUT2D eigenvalue weighted by Crippen LogP contribution is 2.44. The quantitative estimate of drug-likeness (QED) is 0.545. The summed E-state index contributed by atoms with van der Waals surface area (Å²) in [4.78, 5) is 36.3. The molecule has 2 aliphatic rings. The second-order valence-corrected chi connectivity index (χ2v) is 8.30. The van der Waals surface area contributed by atoms with Gasteiger partial charge in [-0.15, -0.1) is 0 Å². The molecule has 8 heteroatoms. The van der Waals surface area contributed by atoms with E-state index in [1.54, 1.807) is 0 Å². The van der Waals surface area contributed by atoms with Crippen molar-refractivity contribution < 1.29 is 29.3 Å². The van der Waals surface area contributed by atoms with Gasteiger partial charge in [0.25, 0.3) is 0 Å². The van der Waals surface area contributed by atoms with Crippen molar-refractivity contribution >= 4 is 18.0 Å². The van der Waals surface area contributed by atoms with Crippen molar-refractivity contribution in [3.8, 4) is 11.1 Å². The number of amides is 2. The third-order valence-corrected chi connectivity index (χ3v) is 6.09. The Bertz CT molecular complexity index is 985. The monoisotopic (exact) mass is 438 g/mol. The molecule has 0 unspecified atom stereocenters. The number of nitrogens with zero attached hydrogens (tertiary/aromatic N) is 1. The Kier molecular flexibility index (Phi) is 6.14. The summed E-state index contributed by atoms with van der Waals surface area (Å²) >= 11 is 0. The zero-order valence-electron chi connectivity index (χ0n) is 17.6. The van der Waals surface area contributed by atoms with Gasteiger partial charge in [-0.05, 0) is 35.1 Å². The van der Waals surface area contributed by atoms with Crippen LogP contribution in [0, 0.1) is 0 Å². The van der Waals surface area contributed by atoms with Crippen molar-refractivity contribution in [3.05, 3.63) is 59.7 Å². The normalized spacial score (nSPS) is 16.0. The van der Waals surface area contributed by atoms with Gasteiger partial charge in [0.2, 0.25) is 5.91 Å². The predicted molar refractivity (Wildman–Crippen MR) is 116 cm³/mol. The van der Waals surface area contributed by atoms with E-state index in [1.165, 1.54) is 16.0 Å². The number of carboxylic acid groups (broad SMARTS) is 1. The number of alkyl carbamates (subject to hydrolysis) is 1. The Morgan fingerprint density at radius 2 is 1.59 bits per heavy atom. The molecular formula is C24H26N2O6. The summed E-state index contributed by atoms with van der Waals surface area (Å²) in [6, 6.07) is 16.3. The fourth-order valence-corrected chi connectivity index (χ4v) is 4.30. The van der Waals surface area contributed by atoms with Crippen LogP contribution in [0.4, 0.5) is 4.79 Å². The smallest absolute Gasteiger partial charge is 0.407 e. The fourth-order valence-electron chi connectivity index (χ4n) is 4.30. The number of carbonyl (C=O) groups excluding carboxylic acids is 2. The van der Waals surface area contributed by atoms with Gasteiger partial charge >= 0.3 is 12.1 Å². The summed E-state index contributed by atoms with van der Waals surface area (Å²) in [7, 11) is 0. The molecule has 1 fully saturated rings. The number of hydrogen-bond acceptors (Lipinski definition) is 5. The SMILES string of the molecule is O=C(NCCCCC(=O)N1CC(O)(C(=O)O)C1)OCC1c2ccccc2-c2ccccc21. The molecule has 1 heterocycles. The van der Waals surface area contributed by atoms with E-state index < -0.39 is 17.7 Å². The Labute approximate surface area is 185 Å². The first kappa shape index (κ1) is 21.8. The molecule has 3 N–H and O–H groups in total. The molecule has 8 nitrogen and oxygen atoms in total. The molecule has 2 amide bonds. The predicted octanol–water partition coefficient (Wildman–Crippen LogP) is 2.35. The van der Waals surface area contributed by atoms with Crippen LogP contribution in [0.2, 0.25) is 0 Å². The van der Waals surface area contributed by atoms with Crippen LogP contribution in [-0.4, -0.2) is 64.9 Å². The number of likely N-dealkylation sites (tertiary alicyclic amines) is 1. The number of hydrogen-bond donors (Lipinski definition) is 3. The molecule has 0 aromatic heterocycles. The molecule has 2 aromatic carbocycles. The lowest BCUT2D eigenvalue weighted by Crippen LogP contribution is -2.67. The van der Waals surface area contributed by atoms with Crippen LogP contribution in [-0.2, 0) is 14.3 Å². The Morgan fingerprint density at radius 3 is 2.19 bits per heavy atom. The van der Waals surface area contributed by atoms with Gasteiger partial charge < -0.3 is 25.2 Å². The van der Waals surface area contributed by atoms with Crippen LogP contribution in [0.25, 0.3) is 11.1 Å². The zero-order valence-corrected chi connectivity index (χ0v) is 17.6. The van der Waals surface area contributed by atoms with Crippen molar-refractivity contribution in [3.63, 3.8) is 0 Å². The van der Waals surface area contributed by atoms with E-state index in [0.29, 0.717) is 19.4 Å². The first-order valence-corrected chi connectivity index (χ1v) is 10.7. The van der Waals surface area contributed by atoms with E-state index in [2.05, 4.69) is 29.6 Å².